The molecular formula is C23H27N3O3. The number of nitrogens with zero attached hydrogens (tertiary/aromatic N) is 3. The summed E-state index contributed by atoms with van der Waals surface area (Å²) >= 11 is 0. The fourth-order valence-corrected chi connectivity index (χ4v) is 2.96. The average Bonchev–Trinajstić information content (AvgIpc) is 3.17. The Hall–Kier alpha value is -3.15. The number of carbonyl (C=O) groups excluding carboxylic acids is 1. The van der Waals surface area contributed by atoms with Gasteiger partial charge in [-0.1, -0.05) is 54.0 Å². The van der Waals surface area contributed by atoms with Crippen molar-refractivity contribution in [1.82, 2.24) is 15.0 Å². The van der Waals surface area contributed by atoms with Gasteiger partial charge in [-0.2, -0.15) is 4.98 Å². The van der Waals surface area contributed by atoms with Crippen LogP contribution in [0.2, 0.25) is 0 Å². The summed E-state index contributed by atoms with van der Waals surface area (Å²) in [5.41, 5.74) is 4.14. The Kier molecular flexibility index (Phi) is 6.32. The van der Waals surface area contributed by atoms with E-state index in [0.717, 1.165) is 28.0 Å². The lowest BCUT2D eigenvalue weighted by molar-refractivity contribution is -0.138. The minimum atomic E-state index is -0.569. The van der Waals surface area contributed by atoms with Gasteiger partial charge in [0.15, 0.2) is 6.10 Å². The topological polar surface area (TPSA) is 68.5 Å². The van der Waals surface area contributed by atoms with Crippen LogP contribution in [0.3, 0.4) is 0 Å². The maximum Gasteiger partial charge on any atom is 0.263 e. The molecule has 0 fully saturated rings. The fourth-order valence-electron chi connectivity index (χ4n) is 2.96. The molecule has 0 aliphatic rings. The van der Waals surface area contributed by atoms with E-state index in [1.165, 1.54) is 0 Å². The van der Waals surface area contributed by atoms with Crippen LogP contribution < -0.4 is 4.74 Å². The molecule has 6 heteroatoms. The highest BCUT2D eigenvalue weighted by Gasteiger charge is 2.24. The highest BCUT2D eigenvalue weighted by atomic mass is 16.5. The van der Waals surface area contributed by atoms with Gasteiger partial charge in [0.05, 0.1) is 6.54 Å². The number of aromatic nitrogens is 2. The van der Waals surface area contributed by atoms with Gasteiger partial charge in [-0.15, -0.1) is 0 Å². The van der Waals surface area contributed by atoms with Gasteiger partial charge in [-0.25, -0.2) is 0 Å². The Balaban J connectivity index is 1.67. The smallest absolute Gasteiger partial charge is 0.263 e. The van der Waals surface area contributed by atoms with E-state index < -0.39 is 6.10 Å². The number of hydrogen-bond acceptors (Lipinski definition) is 5. The number of carbonyl (C=O) groups is 1. The van der Waals surface area contributed by atoms with Gasteiger partial charge in [-0.05, 0) is 44.4 Å². The van der Waals surface area contributed by atoms with Crippen molar-refractivity contribution in [3.63, 3.8) is 0 Å². The summed E-state index contributed by atoms with van der Waals surface area (Å²) in [6, 6.07) is 13.9. The maximum atomic E-state index is 12.9. The van der Waals surface area contributed by atoms with E-state index in [9.17, 15) is 4.79 Å². The molecule has 1 amide bonds. The number of benzene rings is 2. The highest BCUT2D eigenvalue weighted by molar-refractivity contribution is 5.81. The molecule has 6 nitrogen and oxygen atoms in total. The summed E-state index contributed by atoms with van der Waals surface area (Å²) in [5.74, 6) is 1.51. The standard InChI is InChI=1S/C23H27N3O3/c1-6-19(28-20-13-16(3)7-10-17(20)4)23(27)26(5)14-21-24-22(25-29-21)18-11-8-15(2)9-12-18/h7-13,19H,6,14H2,1-5H3/t19-/m1/s1. The molecule has 0 aliphatic heterocycles. The summed E-state index contributed by atoms with van der Waals surface area (Å²) in [6.45, 7) is 8.16. The van der Waals surface area contributed by atoms with Gasteiger partial charge >= 0.3 is 0 Å². The van der Waals surface area contributed by atoms with Crippen molar-refractivity contribution in [2.24, 2.45) is 0 Å². The zero-order valence-electron chi connectivity index (χ0n) is 17.6. The number of aryl methyl sites for hydroxylation is 3. The SMILES string of the molecule is CC[C@@H](Oc1cc(C)ccc1C)C(=O)N(C)Cc1nc(-c2ccc(C)cc2)no1. The van der Waals surface area contributed by atoms with Crippen LogP contribution in [0, 0.1) is 20.8 Å². The van der Waals surface area contributed by atoms with Crippen molar-refractivity contribution in [3.05, 3.63) is 65.0 Å². The van der Waals surface area contributed by atoms with E-state index in [0.29, 0.717) is 18.1 Å². The monoisotopic (exact) mass is 393 g/mol. The van der Waals surface area contributed by atoms with Crippen molar-refractivity contribution in [1.29, 1.82) is 0 Å². The van der Waals surface area contributed by atoms with E-state index in [4.69, 9.17) is 9.26 Å². The number of rotatable bonds is 7. The predicted octanol–water partition coefficient (Wildman–Crippen LogP) is 4.48. The third-order valence-corrected chi connectivity index (χ3v) is 4.79. The fraction of sp³-hybridized carbons (Fsp3) is 0.348. The first kappa shape index (κ1) is 20.6. The van der Waals surface area contributed by atoms with Crippen LogP contribution in [0.25, 0.3) is 11.4 Å². The summed E-state index contributed by atoms with van der Waals surface area (Å²) < 4.78 is 11.4. The van der Waals surface area contributed by atoms with Gasteiger partial charge in [0, 0.05) is 12.6 Å². The molecule has 1 atom stereocenters. The Morgan fingerprint density at radius 3 is 2.48 bits per heavy atom. The Morgan fingerprint density at radius 1 is 1.10 bits per heavy atom. The molecule has 3 aromatic rings. The van der Waals surface area contributed by atoms with Crippen LogP contribution in [0.15, 0.2) is 47.0 Å². The number of ether oxygens (including phenoxy) is 1. The average molecular weight is 393 g/mol. The molecule has 0 saturated heterocycles. The highest BCUT2D eigenvalue weighted by Crippen LogP contribution is 2.22. The molecule has 0 bridgehead atoms. The molecule has 0 spiro atoms. The Morgan fingerprint density at radius 2 is 1.79 bits per heavy atom. The quantitative estimate of drug-likeness (QED) is 0.592. The summed E-state index contributed by atoms with van der Waals surface area (Å²) in [6.07, 6.45) is -0.00496. The molecule has 0 aliphatic carbocycles. The molecule has 0 unspecified atom stereocenters. The zero-order chi connectivity index (χ0) is 21.0. The number of amides is 1. The third-order valence-electron chi connectivity index (χ3n) is 4.79. The van der Waals surface area contributed by atoms with Gasteiger partial charge in [-0.3, -0.25) is 4.79 Å². The van der Waals surface area contributed by atoms with Crippen LogP contribution in [-0.4, -0.2) is 34.1 Å². The Bertz CT molecular complexity index is 979. The molecule has 29 heavy (non-hydrogen) atoms. The largest absolute Gasteiger partial charge is 0.480 e. The molecule has 0 N–H and O–H groups in total. The van der Waals surface area contributed by atoms with Gasteiger partial charge in [0.2, 0.25) is 11.7 Å². The lowest BCUT2D eigenvalue weighted by atomic mass is 10.1. The maximum absolute atomic E-state index is 12.9. The van der Waals surface area contributed by atoms with Crippen molar-refractivity contribution in [2.75, 3.05) is 7.05 Å². The Labute approximate surface area is 171 Å². The molecule has 152 valence electrons. The summed E-state index contributed by atoms with van der Waals surface area (Å²) in [7, 11) is 1.72. The molecule has 0 radical (unpaired) electrons. The molecular weight excluding hydrogens is 366 g/mol. The molecule has 2 aromatic carbocycles. The second-order valence-corrected chi connectivity index (χ2v) is 7.36. The van der Waals surface area contributed by atoms with Crippen molar-refractivity contribution in [3.8, 4) is 17.1 Å². The van der Waals surface area contributed by atoms with E-state index in [-0.39, 0.29) is 12.5 Å². The normalized spacial score (nSPS) is 11.9. The minimum absolute atomic E-state index is 0.122. The first-order valence-corrected chi connectivity index (χ1v) is 9.76. The lowest BCUT2D eigenvalue weighted by Gasteiger charge is -2.23. The van der Waals surface area contributed by atoms with E-state index in [1.807, 2.05) is 70.2 Å². The van der Waals surface area contributed by atoms with Crippen LogP contribution in [0.4, 0.5) is 0 Å². The van der Waals surface area contributed by atoms with Crippen LogP contribution >= 0.6 is 0 Å². The molecule has 3 rings (SSSR count). The molecule has 1 aromatic heterocycles. The predicted molar refractivity (Wildman–Crippen MR) is 112 cm³/mol. The second-order valence-electron chi connectivity index (χ2n) is 7.36. The minimum Gasteiger partial charge on any atom is -0.480 e. The van der Waals surface area contributed by atoms with E-state index in [2.05, 4.69) is 10.1 Å². The first-order chi connectivity index (χ1) is 13.9. The van der Waals surface area contributed by atoms with Crippen LogP contribution in [0.1, 0.15) is 35.9 Å². The van der Waals surface area contributed by atoms with Gasteiger partial charge < -0.3 is 14.2 Å². The molecule has 0 saturated carbocycles. The number of hydrogen-bond donors (Lipinski definition) is 0. The summed E-state index contributed by atoms with van der Waals surface area (Å²) in [4.78, 5) is 18.9. The van der Waals surface area contributed by atoms with E-state index >= 15 is 0 Å². The zero-order valence-corrected chi connectivity index (χ0v) is 17.6. The van der Waals surface area contributed by atoms with E-state index in [1.54, 1.807) is 11.9 Å². The molecule has 1 heterocycles. The van der Waals surface area contributed by atoms with Gasteiger partial charge in [0.25, 0.3) is 5.91 Å². The number of likely N-dealkylation sites (N-methyl/N-ethyl adjacent to an activating group) is 1. The van der Waals surface area contributed by atoms with Crippen molar-refractivity contribution in [2.45, 2.75) is 46.8 Å². The van der Waals surface area contributed by atoms with Crippen molar-refractivity contribution >= 4 is 5.91 Å². The summed E-state index contributed by atoms with van der Waals surface area (Å²) in [5, 5.41) is 4.03. The third kappa shape index (κ3) is 5.02. The van der Waals surface area contributed by atoms with Crippen molar-refractivity contribution < 1.29 is 14.1 Å². The van der Waals surface area contributed by atoms with Crippen LogP contribution in [0.5, 0.6) is 5.75 Å². The lowest BCUT2D eigenvalue weighted by Crippen LogP contribution is -2.39. The van der Waals surface area contributed by atoms with Gasteiger partial charge in [0.1, 0.15) is 5.75 Å². The second kappa shape index (κ2) is 8.90. The first-order valence-electron chi connectivity index (χ1n) is 9.76. The van der Waals surface area contributed by atoms with Crippen LogP contribution in [-0.2, 0) is 11.3 Å².